The fraction of sp³-hybridized carbons (Fsp3) is 0.0312. The third kappa shape index (κ3) is 6.37. The number of carboxylic acids is 2. The summed E-state index contributed by atoms with van der Waals surface area (Å²) in [6.07, 6.45) is 3.93. The van der Waals surface area contributed by atoms with E-state index >= 15 is 0 Å². The number of carboxylic acid groups (broad SMARTS) is 2. The van der Waals surface area contributed by atoms with E-state index in [0.29, 0.717) is 5.02 Å². The van der Waals surface area contributed by atoms with E-state index in [2.05, 4.69) is 11.1 Å². The van der Waals surface area contributed by atoms with Gasteiger partial charge in [0.2, 0.25) is 0 Å². The second-order valence-corrected chi connectivity index (χ2v) is 10.4. The van der Waals surface area contributed by atoms with Crippen LogP contribution in [0.5, 0.6) is 0 Å². The van der Waals surface area contributed by atoms with Crippen molar-refractivity contribution in [3.63, 3.8) is 0 Å². The zero-order valence-electron chi connectivity index (χ0n) is 20.5. The van der Waals surface area contributed by atoms with Crippen LogP contribution in [0.2, 0.25) is 5.02 Å². The van der Waals surface area contributed by atoms with Crippen LogP contribution in [-0.2, 0) is 0 Å². The predicted octanol–water partition coefficient (Wildman–Crippen LogP) is 8.34. The summed E-state index contributed by atoms with van der Waals surface area (Å²) in [5, 5.41) is 20.2. The smallest absolute Gasteiger partial charge is 0.335 e. The molecule has 5 rings (SSSR count). The molecule has 7 heteroatoms. The molecule has 2 N–H and O–H groups in total. The first kappa shape index (κ1) is 26.2. The topological polar surface area (TPSA) is 87.5 Å². The molecule has 0 fully saturated rings. The summed E-state index contributed by atoms with van der Waals surface area (Å²) in [7, 11) is 0. The molecular formula is C32H22ClNO4S. The standard InChI is InChI=1S/C32H22ClNO4S/c33-26-12-8-21-9-14-27(34-29(21)19-26)13-7-20-3-1-4-23(17-20)30(24-5-2-6-25(18-24)32(37)38)39-28-15-10-22(11-16-28)31(35)36/h1-19,30H,(H,35,36)(H,37,38). The minimum absolute atomic E-state index is 0.206. The van der Waals surface area contributed by atoms with Crippen molar-refractivity contribution in [3.05, 3.63) is 142 Å². The van der Waals surface area contributed by atoms with Gasteiger partial charge in [0.1, 0.15) is 0 Å². The minimum atomic E-state index is -0.993. The molecule has 0 aliphatic heterocycles. The lowest BCUT2D eigenvalue weighted by molar-refractivity contribution is 0.0686. The molecule has 0 saturated heterocycles. The quantitative estimate of drug-likeness (QED) is 0.188. The molecule has 39 heavy (non-hydrogen) atoms. The average molecular weight is 552 g/mol. The van der Waals surface area contributed by atoms with E-state index in [0.717, 1.165) is 38.2 Å². The van der Waals surface area contributed by atoms with Crippen LogP contribution in [0.25, 0.3) is 23.1 Å². The lowest BCUT2D eigenvalue weighted by Crippen LogP contribution is -2.02. The highest BCUT2D eigenvalue weighted by molar-refractivity contribution is 7.99. The number of aromatic carboxylic acids is 2. The normalized spacial score (nSPS) is 12.0. The maximum absolute atomic E-state index is 11.7. The Balaban J connectivity index is 1.48. The van der Waals surface area contributed by atoms with E-state index in [-0.39, 0.29) is 16.4 Å². The van der Waals surface area contributed by atoms with Crippen LogP contribution in [0, 0.1) is 0 Å². The molecule has 192 valence electrons. The van der Waals surface area contributed by atoms with Crippen LogP contribution in [0.1, 0.15) is 48.4 Å². The fourth-order valence-electron chi connectivity index (χ4n) is 4.18. The first-order valence-corrected chi connectivity index (χ1v) is 13.3. The lowest BCUT2D eigenvalue weighted by Gasteiger charge is -2.19. The van der Waals surface area contributed by atoms with Gasteiger partial charge in [0.25, 0.3) is 0 Å². The van der Waals surface area contributed by atoms with Crippen molar-refractivity contribution in [1.82, 2.24) is 4.98 Å². The number of halogens is 1. The van der Waals surface area contributed by atoms with Gasteiger partial charge < -0.3 is 10.2 Å². The molecule has 0 amide bonds. The van der Waals surface area contributed by atoms with E-state index in [1.165, 1.54) is 11.8 Å². The highest BCUT2D eigenvalue weighted by Crippen LogP contribution is 2.41. The van der Waals surface area contributed by atoms with Crippen LogP contribution in [-0.4, -0.2) is 27.1 Å². The van der Waals surface area contributed by atoms with Gasteiger partial charge in [0, 0.05) is 15.3 Å². The largest absolute Gasteiger partial charge is 0.478 e. The minimum Gasteiger partial charge on any atom is -0.478 e. The molecule has 5 aromatic rings. The third-order valence-electron chi connectivity index (χ3n) is 6.13. The van der Waals surface area contributed by atoms with Gasteiger partial charge in [0.05, 0.1) is 27.6 Å². The number of carbonyl (C=O) groups is 2. The Hall–Kier alpha value is -4.39. The number of pyridine rings is 1. The lowest BCUT2D eigenvalue weighted by atomic mass is 10.00. The predicted molar refractivity (Wildman–Crippen MR) is 157 cm³/mol. The Bertz CT molecular complexity index is 1720. The summed E-state index contributed by atoms with van der Waals surface area (Å²) in [6.45, 7) is 0. The summed E-state index contributed by atoms with van der Waals surface area (Å²) >= 11 is 7.66. The van der Waals surface area contributed by atoms with E-state index in [1.807, 2.05) is 66.7 Å². The first-order chi connectivity index (χ1) is 18.9. The third-order valence-corrected chi connectivity index (χ3v) is 7.69. The maximum atomic E-state index is 11.7. The Morgan fingerprint density at radius 3 is 2.18 bits per heavy atom. The number of fused-ring (bicyclic) bond motifs is 1. The maximum Gasteiger partial charge on any atom is 0.335 e. The van der Waals surface area contributed by atoms with Crippen molar-refractivity contribution >= 4 is 58.4 Å². The van der Waals surface area contributed by atoms with Gasteiger partial charge in [-0.2, -0.15) is 0 Å². The van der Waals surface area contributed by atoms with Gasteiger partial charge in [-0.3, -0.25) is 0 Å². The molecule has 0 saturated carbocycles. The van der Waals surface area contributed by atoms with Crippen molar-refractivity contribution in [1.29, 1.82) is 0 Å². The number of hydrogen-bond acceptors (Lipinski definition) is 4. The van der Waals surface area contributed by atoms with Crippen molar-refractivity contribution in [3.8, 4) is 0 Å². The molecule has 0 spiro atoms. The van der Waals surface area contributed by atoms with E-state index < -0.39 is 11.9 Å². The van der Waals surface area contributed by atoms with E-state index in [1.54, 1.807) is 42.5 Å². The van der Waals surface area contributed by atoms with Gasteiger partial charge in [0.15, 0.2) is 0 Å². The second-order valence-electron chi connectivity index (χ2n) is 8.83. The van der Waals surface area contributed by atoms with Gasteiger partial charge in [-0.15, -0.1) is 11.8 Å². The van der Waals surface area contributed by atoms with Gasteiger partial charge in [-0.25, -0.2) is 14.6 Å². The summed E-state index contributed by atoms with van der Waals surface area (Å²) in [4.78, 5) is 28.5. The zero-order chi connectivity index (χ0) is 27.4. The fourth-order valence-corrected chi connectivity index (χ4v) is 5.48. The summed E-state index contributed by atoms with van der Waals surface area (Å²) in [6, 6.07) is 31.2. The van der Waals surface area contributed by atoms with Gasteiger partial charge in [-0.05, 0) is 77.4 Å². The number of thioether (sulfide) groups is 1. The monoisotopic (exact) mass is 551 g/mol. The molecular weight excluding hydrogens is 530 g/mol. The molecule has 5 nitrogen and oxygen atoms in total. The number of benzene rings is 4. The van der Waals surface area contributed by atoms with E-state index in [4.69, 9.17) is 11.6 Å². The zero-order valence-corrected chi connectivity index (χ0v) is 22.1. The molecule has 0 bridgehead atoms. The summed E-state index contributed by atoms with van der Waals surface area (Å²) in [5.74, 6) is -1.98. The number of hydrogen-bond donors (Lipinski definition) is 2. The van der Waals surface area contributed by atoms with Crippen LogP contribution in [0.3, 0.4) is 0 Å². The first-order valence-electron chi connectivity index (χ1n) is 12.0. The number of aromatic nitrogens is 1. The highest BCUT2D eigenvalue weighted by Gasteiger charge is 2.18. The van der Waals surface area contributed by atoms with Crippen molar-refractivity contribution in [2.24, 2.45) is 0 Å². The average Bonchev–Trinajstić information content (AvgIpc) is 2.95. The summed E-state index contributed by atoms with van der Waals surface area (Å²) < 4.78 is 0. The van der Waals surface area contributed by atoms with Crippen LogP contribution in [0.4, 0.5) is 0 Å². The molecule has 0 aliphatic rings. The number of rotatable bonds is 8. The molecule has 1 unspecified atom stereocenters. The highest BCUT2D eigenvalue weighted by atomic mass is 35.5. The van der Waals surface area contributed by atoms with Crippen molar-refractivity contribution in [2.45, 2.75) is 10.1 Å². The SMILES string of the molecule is O=C(O)c1ccc(SC(c2cccc(C=Cc3ccc4ccc(Cl)cc4n3)c2)c2cccc(C(=O)O)c2)cc1. The van der Waals surface area contributed by atoms with Crippen LogP contribution in [0.15, 0.2) is 108 Å². The van der Waals surface area contributed by atoms with Gasteiger partial charge >= 0.3 is 11.9 Å². The van der Waals surface area contributed by atoms with Gasteiger partial charge in [-0.1, -0.05) is 66.2 Å². The molecule has 0 radical (unpaired) electrons. The molecule has 4 aromatic carbocycles. The molecule has 1 atom stereocenters. The molecule has 1 heterocycles. The Kier molecular flexibility index (Phi) is 7.77. The molecule has 1 aromatic heterocycles. The Morgan fingerprint density at radius 2 is 1.44 bits per heavy atom. The van der Waals surface area contributed by atoms with Crippen molar-refractivity contribution < 1.29 is 19.8 Å². The van der Waals surface area contributed by atoms with Crippen molar-refractivity contribution in [2.75, 3.05) is 0 Å². The molecule has 0 aliphatic carbocycles. The van der Waals surface area contributed by atoms with E-state index in [9.17, 15) is 19.8 Å². The Labute approximate surface area is 234 Å². The van der Waals surface area contributed by atoms with Crippen LogP contribution < -0.4 is 0 Å². The van der Waals surface area contributed by atoms with Crippen LogP contribution >= 0.6 is 23.4 Å². The second kappa shape index (κ2) is 11.6. The summed E-state index contributed by atoms with van der Waals surface area (Å²) in [5.41, 5.74) is 4.80. The number of nitrogens with zero attached hydrogens (tertiary/aromatic N) is 1. The Morgan fingerprint density at radius 1 is 0.744 bits per heavy atom.